The largest absolute Gasteiger partial charge is 0.456 e. The van der Waals surface area contributed by atoms with E-state index in [2.05, 4.69) is 18.8 Å². The minimum absolute atomic E-state index is 0.0355. The van der Waals surface area contributed by atoms with Crippen LogP contribution in [-0.4, -0.2) is 15.4 Å². The van der Waals surface area contributed by atoms with Gasteiger partial charge in [-0.05, 0) is 49.1 Å². The van der Waals surface area contributed by atoms with Gasteiger partial charge in [0.25, 0.3) is 5.56 Å². The Morgan fingerprint density at radius 1 is 1.15 bits per heavy atom. The fourth-order valence-corrected chi connectivity index (χ4v) is 2.91. The first-order chi connectivity index (χ1) is 12.4. The molecule has 0 bridgehead atoms. The van der Waals surface area contributed by atoms with Crippen molar-refractivity contribution in [2.24, 2.45) is 5.92 Å². The lowest BCUT2D eigenvalue weighted by molar-refractivity contribution is 0.0467. The standard InChI is InChI=1S/C21H22N2O3/c1-14(2)11-16-7-9-17(10-8-16)21(25)26-13-18-12-20(24)23-15(3)5-4-6-19(23)22-18/h4-10,12,14H,11,13H2,1-3H3. The molecule has 5 heteroatoms. The molecule has 134 valence electrons. The van der Waals surface area contributed by atoms with Crippen molar-refractivity contribution in [3.8, 4) is 0 Å². The van der Waals surface area contributed by atoms with E-state index in [0.29, 0.717) is 22.8 Å². The van der Waals surface area contributed by atoms with Crippen molar-refractivity contribution in [2.45, 2.75) is 33.8 Å². The second-order valence-electron chi connectivity index (χ2n) is 6.82. The van der Waals surface area contributed by atoms with E-state index in [1.54, 1.807) is 18.2 Å². The summed E-state index contributed by atoms with van der Waals surface area (Å²) in [7, 11) is 0. The lowest BCUT2D eigenvalue weighted by atomic mass is 10.0. The molecular weight excluding hydrogens is 328 g/mol. The summed E-state index contributed by atoms with van der Waals surface area (Å²) in [5.74, 6) is 0.141. The zero-order valence-electron chi connectivity index (χ0n) is 15.2. The molecule has 0 atom stereocenters. The number of fused-ring (bicyclic) bond motifs is 1. The van der Waals surface area contributed by atoms with Crippen LogP contribution in [0, 0.1) is 12.8 Å². The summed E-state index contributed by atoms with van der Waals surface area (Å²) in [4.78, 5) is 28.9. The normalized spacial score (nSPS) is 11.1. The molecule has 2 aromatic heterocycles. The van der Waals surface area contributed by atoms with E-state index in [0.717, 1.165) is 12.1 Å². The van der Waals surface area contributed by atoms with Gasteiger partial charge in [0.05, 0.1) is 11.3 Å². The number of pyridine rings is 1. The summed E-state index contributed by atoms with van der Waals surface area (Å²) in [6, 6.07) is 14.3. The molecule has 3 rings (SSSR count). The second kappa shape index (κ2) is 7.52. The lowest BCUT2D eigenvalue weighted by Gasteiger charge is -2.08. The van der Waals surface area contributed by atoms with Crippen molar-refractivity contribution < 1.29 is 9.53 Å². The number of hydrogen-bond acceptors (Lipinski definition) is 4. The van der Waals surface area contributed by atoms with Gasteiger partial charge in [0.1, 0.15) is 12.3 Å². The van der Waals surface area contributed by atoms with E-state index in [-0.39, 0.29) is 12.2 Å². The topological polar surface area (TPSA) is 60.7 Å². The van der Waals surface area contributed by atoms with Crippen molar-refractivity contribution in [2.75, 3.05) is 0 Å². The fourth-order valence-electron chi connectivity index (χ4n) is 2.91. The molecule has 0 saturated heterocycles. The van der Waals surface area contributed by atoms with Crippen LogP contribution in [0.15, 0.2) is 53.3 Å². The molecule has 2 heterocycles. The molecule has 0 fully saturated rings. The van der Waals surface area contributed by atoms with Crippen LogP contribution >= 0.6 is 0 Å². The van der Waals surface area contributed by atoms with Crippen molar-refractivity contribution in [3.05, 3.63) is 81.4 Å². The molecule has 3 aromatic rings. The number of carbonyl (C=O) groups is 1. The maximum atomic E-state index is 12.2. The maximum Gasteiger partial charge on any atom is 0.338 e. The molecule has 0 N–H and O–H groups in total. The third kappa shape index (κ3) is 3.99. The van der Waals surface area contributed by atoms with E-state index in [9.17, 15) is 9.59 Å². The molecule has 0 unspecified atom stereocenters. The van der Waals surface area contributed by atoms with Crippen molar-refractivity contribution in [1.82, 2.24) is 9.38 Å². The van der Waals surface area contributed by atoms with Crippen LogP contribution in [-0.2, 0) is 17.8 Å². The Kier molecular flexibility index (Phi) is 5.16. The number of aromatic nitrogens is 2. The van der Waals surface area contributed by atoms with Crippen molar-refractivity contribution in [1.29, 1.82) is 0 Å². The molecule has 1 aromatic carbocycles. The van der Waals surface area contributed by atoms with Gasteiger partial charge in [-0.25, -0.2) is 9.78 Å². The van der Waals surface area contributed by atoms with Crippen molar-refractivity contribution in [3.63, 3.8) is 0 Å². The zero-order valence-corrected chi connectivity index (χ0v) is 15.2. The van der Waals surface area contributed by atoms with E-state index < -0.39 is 5.97 Å². The molecule has 0 radical (unpaired) electrons. The Labute approximate surface area is 152 Å². The van der Waals surface area contributed by atoms with Gasteiger partial charge in [-0.1, -0.05) is 32.0 Å². The molecule has 0 aliphatic heterocycles. The fraction of sp³-hybridized carbons (Fsp3) is 0.286. The van der Waals surface area contributed by atoms with Gasteiger partial charge in [0.2, 0.25) is 0 Å². The highest BCUT2D eigenvalue weighted by molar-refractivity contribution is 5.89. The molecule has 0 saturated carbocycles. The Hall–Kier alpha value is -2.95. The predicted octanol–water partition coefficient (Wildman–Crippen LogP) is 3.56. The number of ether oxygens (including phenoxy) is 1. The van der Waals surface area contributed by atoms with Crippen LogP contribution in [0.25, 0.3) is 5.65 Å². The second-order valence-corrected chi connectivity index (χ2v) is 6.82. The average Bonchev–Trinajstić information content (AvgIpc) is 2.59. The minimum Gasteiger partial charge on any atom is -0.456 e. The summed E-state index contributed by atoms with van der Waals surface area (Å²) in [5, 5.41) is 0. The molecule has 0 amide bonds. The lowest BCUT2D eigenvalue weighted by Crippen LogP contribution is -2.18. The van der Waals surface area contributed by atoms with Crippen LogP contribution in [0.1, 0.15) is 41.2 Å². The van der Waals surface area contributed by atoms with Crippen LogP contribution in [0.5, 0.6) is 0 Å². The van der Waals surface area contributed by atoms with Gasteiger partial charge in [-0.3, -0.25) is 9.20 Å². The van der Waals surface area contributed by atoms with Crippen LogP contribution in [0.4, 0.5) is 0 Å². The Bertz CT molecular complexity index is 988. The van der Waals surface area contributed by atoms with Crippen LogP contribution in [0.2, 0.25) is 0 Å². The van der Waals surface area contributed by atoms with Gasteiger partial charge in [-0.15, -0.1) is 0 Å². The van der Waals surface area contributed by atoms with Crippen LogP contribution < -0.4 is 5.56 Å². The zero-order chi connectivity index (χ0) is 18.7. The van der Waals surface area contributed by atoms with E-state index in [4.69, 9.17) is 4.74 Å². The number of esters is 1. The molecule has 0 aliphatic carbocycles. The monoisotopic (exact) mass is 350 g/mol. The first-order valence-electron chi connectivity index (χ1n) is 8.68. The summed E-state index contributed by atoms with van der Waals surface area (Å²) >= 11 is 0. The van der Waals surface area contributed by atoms with Gasteiger partial charge in [0, 0.05) is 11.8 Å². The molecule has 0 spiro atoms. The Morgan fingerprint density at radius 2 is 1.88 bits per heavy atom. The van der Waals surface area contributed by atoms with Gasteiger partial charge in [-0.2, -0.15) is 0 Å². The highest BCUT2D eigenvalue weighted by Gasteiger charge is 2.10. The van der Waals surface area contributed by atoms with Gasteiger partial charge in [0.15, 0.2) is 0 Å². The number of rotatable bonds is 5. The highest BCUT2D eigenvalue weighted by Crippen LogP contribution is 2.11. The quantitative estimate of drug-likeness (QED) is 0.660. The van der Waals surface area contributed by atoms with E-state index >= 15 is 0 Å². The van der Waals surface area contributed by atoms with Crippen molar-refractivity contribution >= 4 is 11.6 Å². The summed E-state index contributed by atoms with van der Waals surface area (Å²) in [6.07, 6.45) is 0.972. The number of carbonyl (C=O) groups excluding carboxylic acids is 1. The number of benzene rings is 1. The third-order valence-corrected chi connectivity index (χ3v) is 4.12. The predicted molar refractivity (Wildman–Crippen MR) is 100 cm³/mol. The average molecular weight is 350 g/mol. The Morgan fingerprint density at radius 3 is 2.58 bits per heavy atom. The number of nitrogens with zero attached hydrogens (tertiary/aromatic N) is 2. The number of hydrogen-bond donors (Lipinski definition) is 0. The van der Waals surface area contributed by atoms with E-state index in [1.807, 2.05) is 31.2 Å². The van der Waals surface area contributed by atoms with Gasteiger partial charge >= 0.3 is 5.97 Å². The number of aryl methyl sites for hydroxylation is 1. The van der Waals surface area contributed by atoms with Crippen LogP contribution in [0.3, 0.4) is 0 Å². The third-order valence-electron chi connectivity index (χ3n) is 4.12. The molecular formula is C21H22N2O3. The molecule has 26 heavy (non-hydrogen) atoms. The van der Waals surface area contributed by atoms with E-state index in [1.165, 1.54) is 16.0 Å². The maximum absolute atomic E-state index is 12.2. The first kappa shape index (κ1) is 17.9. The minimum atomic E-state index is -0.424. The first-order valence-corrected chi connectivity index (χ1v) is 8.68. The smallest absolute Gasteiger partial charge is 0.338 e. The SMILES string of the molecule is Cc1cccc2nc(COC(=O)c3ccc(CC(C)C)cc3)cc(=O)n12. The molecule has 0 aliphatic rings. The molecule has 5 nitrogen and oxygen atoms in total. The summed E-state index contributed by atoms with van der Waals surface area (Å²) in [5.41, 5.74) is 3.29. The highest BCUT2D eigenvalue weighted by atomic mass is 16.5. The van der Waals surface area contributed by atoms with Gasteiger partial charge < -0.3 is 4.74 Å². The summed E-state index contributed by atoms with van der Waals surface area (Å²) in [6.45, 7) is 6.12. The Balaban J connectivity index is 1.71. The summed E-state index contributed by atoms with van der Waals surface area (Å²) < 4.78 is 6.85.